The maximum Gasteiger partial charge on any atom is 0.272 e. The normalized spacial score (nSPS) is 26.8. The molecule has 1 aromatic rings. The summed E-state index contributed by atoms with van der Waals surface area (Å²) in [6.45, 7) is 2.65. The highest BCUT2D eigenvalue weighted by Gasteiger charge is 2.51. The minimum absolute atomic E-state index is 0.103. The van der Waals surface area contributed by atoms with E-state index in [-0.39, 0.29) is 10.7 Å². The average molecular weight is 335 g/mol. The fourth-order valence-corrected chi connectivity index (χ4v) is 5.67. The van der Waals surface area contributed by atoms with Crippen LogP contribution in [0.2, 0.25) is 0 Å². The Bertz CT molecular complexity index is 576. The Labute approximate surface area is 141 Å². The molecule has 6 heteroatoms. The molecule has 1 saturated carbocycles. The monoisotopic (exact) mass is 335 g/mol. The van der Waals surface area contributed by atoms with Crippen molar-refractivity contribution in [3.05, 3.63) is 18.0 Å². The Kier molecular flexibility index (Phi) is 4.13. The summed E-state index contributed by atoms with van der Waals surface area (Å²) < 4.78 is 8.07. The van der Waals surface area contributed by atoms with Crippen molar-refractivity contribution in [2.45, 2.75) is 43.0 Å². The van der Waals surface area contributed by atoms with E-state index in [2.05, 4.69) is 5.10 Å². The van der Waals surface area contributed by atoms with Crippen LogP contribution in [-0.4, -0.2) is 56.9 Å². The van der Waals surface area contributed by atoms with Crippen LogP contribution >= 0.6 is 11.8 Å². The van der Waals surface area contributed by atoms with Crippen molar-refractivity contribution in [1.82, 2.24) is 14.7 Å². The molecule has 3 aliphatic rings. The number of hydrogen-bond donors (Lipinski definition) is 0. The summed E-state index contributed by atoms with van der Waals surface area (Å²) in [4.78, 5) is 14.4. The van der Waals surface area contributed by atoms with E-state index in [9.17, 15) is 4.79 Å². The number of thioether (sulfide) groups is 1. The van der Waals surface area contributed by atoms with Crippen LogP contribution in [0.15, 0.2) is 12.3 Å². The first-order chi connectivity index (χ1) is 11.2. The molecule has 4 rings (SSSR count). The van der Waals surface area contributed by atoms with Gasteiger partial charge >= 0.3 is 0 Å². The molecule has 3 fully saturated rings. The molecule has 23 heavy (non-hydrogen) atoms. The summed E-state index contributed by atoms with van der Waals surface area (Å²) in [5, 5.41) is 4.09. The number of aromatic nitrogens is 2. The minimum atomic E-state index is 0.103. The molecule has 0 bridgehead atoms. The predicted molar refractivity (Wildman–Crippen MR) is 90.6 cm³/mol. The van der Waals surface area contributed by atoms with Gasteiger partial charge in [0.05, 0.1) is 10.9 Å². The van der Waals surface area contributed by atoms with E-state index in [0.29, 0.717) is 11.8 Å². The Hall–Kier alpha value is -1.01. The third-order valence-corrected chi connectivity index (χ3v) is 7.08. The molecule has 1 spiro atoms. The number of amides is 1. The number of rotatable bonds is 4. The van der Waals surface area contributed by atoms with Crippen molar-refractivity contribution in [3.8, 4) is 0 Å². The van der Waals surface area contributed by atoms with Gasteiger partial charge < -0.3 is 9.64 Å². The number of hydrogen-bond acceptors (Lipinski definition) is 4. The zero-order valence-electron chi connectivity index (χ0n) is 13.7. The van der Waals surface area contributed by atoms with Crippen LogP contribution in [0.25, 0.3) is 0 Å². The van der Waals surface area contributed by atoms with Gasteiger partial charge in [0.1, 0.15) is 5.69 Å². The van der Waals surface area contributed by atoms with Gasteiger partial charge in [-0.25, -0.2) is 0 Å². The number of likely N-dealkylation sites (tertiary alicyclic amines) is 1. The summed E-state index contributed by atoms with van der Waals surface area (Å²) >= 11 is 2.00. The molecule has 1 aromatic heterocycles. The second-order valence-electron chi connectivity index (χ2n) is 7.31. The Balaban J connectivity index is 1.26. The molecule has 1 atom stereocenters. The molecule has 1 aliphatic carbocycles. The van der Waals surface area contributed by atoms with E-state index in [0.717, 1.165) is 37.8 Å². The van der Waals surface area contributed by atoms with E-state index in [1.807, 2.05) is 23.7 Å². The third-order valence-electron chi connectivity index (χ3n) is 5.50. The van der Waals surface area contributed by atoms with Gasteiger partial charge in [0.15, 0.2) is 0 Å². The largest absolute Gasteiger partial charge is 0.377 e. The lowest BCUT2D eigenvalue weighted by Gasteiger charge is -2.47. The fraction of sp³-hybridized carbons (Fsp3) is 0.765. The van der Waals surface area contributed by atoms with Crippen LogP contribution < -0.4 is 0 Å². The number of nitrogens with zero attached hydrogens (tertiary/aromatic N) is 3. The van der Waals surface area contributed by atoms with E-state index in [4.69, 9.17) is 4.74 Å². The van der Waals surface area contributed by atoms with Crippen molar-refractivity contribution in [1.29, 1.82) is 0 Å². The highest BCUT2D eigenvalue weighted by atomic mass is 32.2. The van der Waals surface area contributed by atoms with Gasteiger partial charge in [0.25, 0.3) is 5.91 Å². The molecule has 3 heterocycles. The molecule has 126 valence electrons. The van der Waals surface area contributed by atoms with Crippen molar-refractivity contribution in [2.75, 3.05) is 25.4 Å². The van der Waals surface area contributed by atoms with Crippen LogP contribution in [0, 0.1) is 5.92 Å². The van der Waals surface area contributed by atoms with Gasteiger partial charge in [-0.1, -0.05) is 12.8 Å². The highest BCUT2D eigenvalue weighted by molar-refractivity contribution is 8.01. The van der Waals surface area contributed by atoms with Crippen molar-refractivity contribution in [3.63, 3.8) is 0 Å². The second kappa shape index (κ2) is 6.13. The van der Waals surface area contributed by atoms with E-state index >= 15 is 0 Å². The molecule has 0 unspecified atom stereocenters. The maximum absolute atomic E-state index is 12.5. The van der Waals surface area contributed by atoms with Crippen LogP contribution in [0.4, 0.5) is 0 Å². The lowest BCUT2D eigenvalue weighted by Crippen LogP contribution is -2.61. The molecule has 0 radical (unpaired) electrons. The summed E-state index contributed by atoms with van der Waals surface area (Å²) in [5.74, 6) is 1.98. The van der Waals surface area contributed by atoms with Gasteiger partial charge in [-0.05, 0) is 31.2 Å². The molecular weight excluding hydrogens is 310 g/mol. The number of aryl methyl sites for hydroxylation is 1. The van der Waals surface area contributed by atoms with Gasteiger partial charge in [-0.3, -0.25) is 9.48 Å². The zero-order valence-corrected chi connectivity index (χ0v) is 14.6. The minimum Gasteiger partial charge on any atom is -0.377 e. The van der Waals surface area contributed by atoms with E-state index in [1.54, 1.807) is 16.9 Å². The molecule has 2 saturated heterocycles. The van der Waals surface area contributed by atoms with Crippen LogP contribution in [0.5, 0.6) is 0 Å². The third kappa shape index (κ3) is 3.03. The zero-order chi connectivity index (χ0) is 15.9. The quantitative estimate of drug-likeness (QED) is 0.847. The molecule has 2 aliphatic heterocycles. The lowest BCUT2D eigenvalue weighted by molar-refractivity contribution is 0.0194. The average Bonchev–Trinajstić information content (AvgIpc) is 3.23. The van der Waals surface area contributed by atoms with Gasteiger partial charge in [0.2, 0.25) is 0 Å². The fourth-order valence-electron chi connectivity index (χ4n) is 4.12. The smallest absolute Gasteiger partial charge is 0.272 e. The maximum atomic E-state index is 12.5. The predicted octanol–water partition coefficient (Wildman–Crippen LogP) is 2.33. The Morgan fingerprint density at radius 1 is 1.43 bits per heavy atom. The lowest BCUT2D eigenvalue weighted by atomic mass is 9.92. The molecular formula is C17H25N3O2S. The van der Waals surface area contributed by atoms with Crippen molar-refractivity contribution in [2.24, 2.45) is 13.0 Å². The van der Waals surface area contributed by atoms with Gasteiger partial charge in [-0.15, -0.1) is 11.8 Å². The summed E-state index contributed by atoms with van der Waals surface area (Å²) in [5.41, 5.74) is 0.678. The van der Waals surface area contributed by atoms with Crippen LogP contribution in [0.3, 0.4) is 0 Å². The van der Waals surface area contributed by atoms with E-state index < -0.39 is 0 Å². The van der Waals surface area contributed by atoms with Crippen molar-refractivity contribution < 1.29 is 9.53 Å². The first kappa shape index (κ1) is 15.5. The summed E-state index contributed by atoms with van der Waals surface area (Å²) in [6.07, 6.45) is 8.61. The molecule has 1 amide bonds. The standard InChI is InChI=1S/C17H25N3O2S/c1-19-15(6-7-18-19)16(21)20-11-17(12-20)8-14(10-23-17)22-9-13-4-2-3-5-13/h6-7,13-14H,2-5,8-12H2,1H3/t14-/m1/s1. The van der Waals surface area contributed by atoms with Crippen LogP contribution in [-0.2, 0) is 11.8 Å². The van der Waals surface area contributed by atoms with Crippen LogP contribution in [0.1, 0.15) is 42.6 Å². The van der Waals surface area contributed by atoms with E-state index in [1.165, 1.54) is 25.7 Å². The first-order valence-electron chi connectivity index (χ1n) is 8.68. The topological polar surface area (TPSA) is 47.4 Å². The summed E-state index contributed by atoms with van der Waals surface area (Å²) in [6, 6.07) is 1.79. The molecule has 0 aromatic carbocycles. The number of carbonyl (C=O) groups excluding carboxylic acids is 1. The number of ether oxygens (including phenoxy) is 1. The first-order valence-corrected chi connectivity index (χ1v) is 9.67. The number of carbonyl (C=O) groups is 1. The summed E-state index contributed by atoms with van der Waals surface area (Å²) in [7, 11) is 1.82. The van der Waals surface area contributed by atoms with Gasteiger partial charge in [0, 0.05) is 38.7 Å². The second-order valence-corrected chi connectivity index (χ2v) is 8.79. The molecule has 0 N–H and O–H groups in total. The van der Waals surface area contributed by atoms with Crippen molar-refractivity contribution >= 4 is 17.7 Å². The Morgan fingerprint density at radius 3 is 2.91 bits per heavy atom. The Morgan fingerprint density at radius 2 is 2.22 bits per heavy atom. The van der Waals surface area contributed by atoms with Gasteiger partial charge in [-0.2, -0.15) is 5.10 Å². The highest BCUT2D eigenvalue weighted by Crippen LogP contribution is 2.46. The SMILES string of the molecule is Cn1nccc1C(=O)N1CC2(C[C@@H](OCC3CCCC3)CS2)C1. The molecule has 5 nitrogen and oxygen atoms in total.